The average molecular weight is 276 g/mol. The quantitative estimate of drug-likeness (QED) is 0.720. The molecule has 1 aliphatic heterocycles. The smallest absolute Gasteiger partial charge is 0.315 e. The van der Waals surface area contributed by atoms with Gasteiger partial charge in [0.15, 0.2) is 0 Å². The lowest BCUT2D eigenvalue weighted by atomic mass is 10.2. The SMILES string of the molecule is O=C(NCC(=O)N1CCNCC1)NCc1ccccc1. The molecular weight excluding hydrogens is 256 g/mol. The Morgan fingerprint density at radius 1 is 1.10 bits per heavy atom. The van der Waals surface area contributed by atoms with E-state index in [0.29, 0.717) is 19.6 Å². The van der Waals surface area contributed by atoms with Crippen molar-refractivity contribution >= 4 is 11.9 Å². The van der Waals surface area contributed by atoms with Crippen molar-refractivity contribution in [3.63, 3.8) is 0 Å². The second kappa shape index (κ2) is 7.49. The highest BCUT2D eigenvalue weighted by Gasteiger charge is 2.16. The van der Waals surface area contributed by atoms with E-state index >= 15 is 0 Å². The van der Waals surface area contributed by atoms with Crippen LogP contribution in [0.4, 0.5) is 4.79 Å². The summed E-state index contributed by atoms with van der Waals surface area (Å²) in [5, 5.41) is 8.49. The summed E-state index contributed by atoms with van der Waals surface area (Å²) in [4.78, 5) is 25.2. The van der Waals surface area contributed by atoms with Crippen LogP contribution in [0, 0.1) is 0 Å². The molecule has 1 fully saturated rings. The Kier molecular flexibility index (Phi) is 5.37. The molecule has 2 rings (SSSR count). The summed E-state index contributed by atoms with van der Waals surface area (Å²) in [6, 6.07) is 9.32. The number of nitrogens with zero attached hydrogens (tertiary/aromatic N) is 1. The molecule has 0 aliphatic carbocycles. The molecule has 1 saturated heterocycles. The van der Waals surface area contributed by atoms with Crippen LogP contribution in [-0.4, -0.2) is 49.6 Å². The lowest BCUT2D eigenvalue weighted by Gasteiger charge is -2.27. The molecule has 0 aromatic heterocycles. The lowest BCUT2D eigenvalue weighted by molar-refractivity contribution is -0.130. The molecular formula is C14H20N4O2. The minimum atomic E-state index is -0.322. The number of piperazine rings is 1. The third-order valence-corrected chi connectivity index (χ3v) is 3.17. The normalized spacial score (nSPS) is 14.7. The molecule has 0 spiro atoms. The maximum absolute atomic E-state index is 11.8. The topological polar surface area (TPSA) is 73.5 Å². The van der Waals surface area contributed by atoms with Crippen LogP contribution in [0.3, 0.4) is 0 Å². The van der Waals surface area contributed by atoms with Gasteiger partial charge in [0.25, 0.3) is 0 Å². The number of rotatable bonds is 4. The van der Waals surface area contributed by atoms with Crippen LogP contribution in [0.5, 0.6) is 0 Å². The zero-order chi connectivity index (χ0) is 14.2. The number of hydrogen-bond donors (Lipinski definition) is 3. The minimum absolute atomic E-state index is 0.0404. The van der Waals surface area contributed by atoms with Crippen LogP contribution in [0.2, 0.25) is 0 Å². The summed E-state index contributed by atoms with van der Waals surface area (Å²) >= 11 is 0. The molecule has 6 nitrogen and oxygen atoms in total. The fourth-order valence-corrected chi connectivity index (χ4v) is 2.02. The first-order valence-electron chi connectivity index (χ1n) is 6.80. The predicted octanol–water partition coefficient (Wildman–Crippen LogP) is -0.0824. The molecule has 0 atom stereocenters. The molecule has 1 heterocycles. The number of hydrogen-bond acceptors (Lipinski definition) is 3. The van der Waals surface area contributed by atoms with Gasteiger partial charge in [-0.15, -0.1) is 0 Å². The van der Waals surface area contributed by atoms with Crippen molar-refractivity contribution in [2.75, 3.05) is 32.7 Å². The third-order valence-electron chi connectivity index (χ3n) is 3.17. The molecule has 1 aliphatic rings. The third kappa shape index (κ3) is 4.55. The van der Waals surface area contributed by atoms with Crippen LogP contribution >= 0.6 is 0 Å². The van der Waals surface area contributed by atoms with Gasteiger partial charge >= 0.3 is 6.03 Å². The van der Waals surface area contributed by atoms with Crippen molar-refractivity contribution in [3.05, 3.63) is 35.9 Å². The maximum atomic E-state index is 11.8. The number of amides is 3. The summed E-state index contributed by atoms with van der Waals surface area (Å²) in [6.45, 7) is 3.52. The Morgan fingerprint density at radius 2 is 1.80 bits per heavy atom. The van der Waals surface area contributed by atoms with Gasteiger partial charge in [0.2, 0.25) is 5.91 Å². The molecule has 3 N–H and O–H groups in total. The Balaban J connectivity index is 1.65. The number of carbonyl (C=O) groups is 2. The van der Waals surface area contributed by atoms with E-state index in [1.165, 1.54) is 0 Å². The van der Waals surface area contributed by atoms with E-state index in [2.05, 4.69) is 16.0 Å². The van der Waals surface area contributed by atoms with Gasteiger partial charge in [0.1, 0.15) is 0 Å². The van der Waals surface area contributed by atoms with E-state index in [-0.39, 0.29) is 18.5 Å². The molecule has 0 saturated carbocycles. The lowest BCUT2D eigenvalue weighted by Crippen LogP contribution is -2.50. The van der Waals surface area contributed by atoms with Crippen molar-refractivity contribution in [1.82, 2.24) is 20.9 Å². The van der Waals surface area contributed by atoms with E-state index < -0.39 is 0 Å². The Hall–Kier alpha value is -2.08. The first-order chi connectivity index (χ1) is 9.75. The van der Waals surface area contributed by atoms with Crippen molar-refractivity contribution in [1.29, 1.82) is 0 Å². The minimum Gasteiger partial charge on any atom is -0.339 e. The van der Waals surface area contributed by atoms with Crippen molar-refractivity contribution < 1.29 is 9.59 Å². The zero-order valence-corrected chi connectivity index (χ0v) is 11.4. The molecule has 3 amide bonds. The number of benzene rings is 1. The molecule has 1 aromatic rings. The first-order valence-corrected chi connectivity index (χ1v) is 6.80. The Bertz CT molecular complexity index is 444. The fourth-order valence-electron chi connectivity index (χ4n) is 2.02. The highest BCUT2D eigenvalue weighted by atomic mass is 16.2. The maximum Gasteiger partial charge on any atom is 0.315 e. The van der Waals surface area contributed by atoms with Gasteiger partial charge in [-0.25, -0.2) is 4.79 Å². The monoisotopic (exact) mass is 276 g/mol. The second-order valence-electron chi connectivity index (χ2n) is 4.65. The average Bonchev–Trinajstić information content (AvgIpc) is 2.52. The Morgan fingerprint density at radius 3 is 2.50 bits per heavy atom. The van der Waals surface area contributed by atoms with Crippen LogP contribution in [0.1, 0.15) is 5.56 Å². The molecule has 0 bridgehead atoms. The summed E-state index contributed by atoms with van der Waals surface area (Å²) in [6.07, 6.45) is 0. The summed E-state index contributed by atoms with van der Waals surface area (Å²) in [7, 11) is 0. The van der Waals surface area contributed by atoms with Crippen LogP contribution in [0.25, 0.3) is 0 Å². The van der Waals surface area contributed by atoms with Crippen LogP contribution < -0.4 is 16.0 Å². The van der Waals surface area contributed by atoms with Crippen molar-refractivity contribution in [2.24, 2.45) is 0 Å². The predicted molar refractivity (Wildman–Crippen MR) is 76.1 cm³/mol. The van der Waals surface area contributed by atoms with Crippen LogP contribution in [-0.2, 0) is 11.3 Å². The van der Waals surface area contributed by atoms with E-state index in [1.807, 2.05) is 30.3 Å². The fraction of sp³-hybridized carbons (Fsp3) is 0.429. The van der Waals surface area contributed by atoms with Gasteiger partial charge in [0, 0.05) is 32.7 Å². The zero-order valence-electron chi connectivity index (χ0n) is 11.4. The Labute approximate surface area is 118 Å². The van der Waals surface area contributed by atoms with E-state index in [0.717, 1.165) is 18.7 Å². The highest BCUT2D eigenvalue weighted by Crippen LogP contribution is 1.97. The van der Waals surface area contributed by atoms with Gasteiger partial charge in [0.05, 0.1) is 6.54 Å². The summed E-state index contributed by atoms with van der Waals surface area (Å²) < 4.78 is 0. The molecule has 20 heavy (non-hydrogen) atoms. The van der Waals surface area contributed by atoms with Crippen molar-refractivity contribution in [3.8, 4) is 0 Å². The standard InChI is InChI=1S/C14H20N4O2/c19-13(18-8-6-15-7-9-18)11-17-14(20)16-10-12-4-2-1-3-5-12/h1-5,15H,6-11H2,(H2,16,17,20). The van der Waals surface area contributed by atoms with E-state index in [1.54, 1.807) is 4.90 Å². The molecule has 1 aromatic carbocycles. The number of urea groups is 1. The number of carbonyl (C=O) groups excluding carboxylic acids is 2. The second-order valence-corrected chi connectivity index (χ2v) is 4.65. The molecule has 0 unspecified atom stereocenters. The summed E-state index contributed by atoms with van der Waals surface area (Å²) in [5.41, 5.74) is 1.02. The van der Waals surface area contributed by atoms with Gasteiger partial charge in [-0.3, -0.25) is 4.79 Å². The largest absolute Gasteiger partial charge is 0.339 e. The number of nitrogens with one attached hydrogen (secondary N) is 3. The van der Waals surface area contributed by atoms with Gasteiger partial charge in [-0.05, 0) is 5.56 Å². The van der Waals surface area contributed by atoms with Crippen LogP contribution in [0.15, 0.2) is 30.3 Å². The summed E-state index contributed by atoms with van der Waals surface area (Å²) in [5.74, 6) is -0.0404. The van der Waals surface area contributed by atoms with Gasteiger partial charge in [-0.1, -0.05) is 30.3 Å². The van der Waals surface area contributed by atoms with Gasteiger partial charge in [-0.2, -0.15) is 0 Å². The van der Waals surface area contributed by atoms with E-state index in [4.69, 9.17) is 0 Å². The molecule has 6 heteroatoms. The van der Waals surface area contributed by atoms with Crippen molar-refractivity contribution in [2.45, 2.75) is 6.54 Å². The molecule has 108 valence electrons. The van der Waals surface area contributed by atoms with E-state index in [9.17, 15) is 9.59 Å². The van der Waals surface area contributed by atoms with Gasteiger partial charge < -0.3 is 20.9 Å². The molecule has 0 radical (unpaired) electrons. The first kappa shape index (κ1) is 14.3. The highest BCUT2D eigenvalue weighted by molar-refractivity contribution is 5.84.